The van der Waals surface area contributed by atoms with E-state index in [2.05, 4.69) is 0 Å². The minimum atomic E-state index is -1.29. The molecule has 0 fully saturated rings. The first-order valence-corrected chi connectivity index (χ1v) is 10.6. The van der Waals surface area contributed by atoms with E-state index in [4.69, 9.17) is 14.2 Å². The maximum absolute atomic E-state index is 12.8. The van der Waals surface area contributed by atoms with E-state index in [-0.39, 0.29) is 6.42 Å². The van der Waals surface area contributed by atoms with Gasteiger partial charge in [0.2, 0.25) is 5.91 Å². The molecule has 9 heteroatoms. The molecule has 0 radical (unpaired) electrons. The summed E-state index contributed by atoms with van der Waals surface area (Å²) >= 11 is 0. The maximum Gasteiger partial charge on any atom is 0.419 e. The maximum atomic E-state index is 12.8. The Kier molecular flexibility index (Phi) is 7.57. The molecule has 1 aromatic heterocycles. The predicted molar refractivity (Wildman–Crippen MR) is 122 cm³/mol. The molecule has 180 valence electrons. The number of aromatic nitrogens is 1. The smallest absolute Gasteiger partial charge is 0.419 e. The molecule has 33 heavy (non-hydrogen) atoms. The van der Waals surface area contributed by atoms with Gasteiger partial charge in [0.15, 0.2) is 0 Å². The van der Waals surface area contributed by atoms with Gasteiger partial charge in [-0.1, -0.05) is 18.2 Å². The van der Waals surface area contributed by atoms with E-state index in [1.165, 1.54) is 18.6 Å². The Bertz CT molecular complexity index is 1060. The van der Waals surface area contributed by atoms with Crippen LogP contribution in [0.25, 0.3) is 10.9 Å². The SMILES string of the molecule is COC(=O)[C@H](Cc1cn(C(=O)OC(C)(C)C)c2ccccc12)N(C(C)=O)C(=O)OC(C)(C)C. The van der Waals surface area contributed by atoms with Gasteiger partial charge >= 0.3 is 18.2 Å². The number of amides is 2. The van der Waals surface area contributed by atoms with Gasteiger partial charge in [0.1, 0.15) is 17.2 Å². The quantitative estimate of drug-likeness (QED) is 0.495. The van der Waals surface area contributed by atoms with Crippen LogP contribution in [0.2, 0.25) is 0 Å². The first kappa shape index (κ1) is 25.9. The molecule has 0 saturated heterocycles. The number of imide groups is 1. The number of nitrogens with zero attached hydrogens (tertiary/aromatic N) is 2. The first-order valence-electron chi connectivity index (χ1n) is 10.6. The van der Waals surface area contributed by atoms with E-state index >= 15 is 0 Å². The lowest BCUT2D eigenvalue weighted by atomic mass is 10.0. The number of carbonyl (C=O) groups excluding carboxylic acids is 4. The van der Waals surface area contributed by atoms with Gasteiger partial charge < -0.3 is 14.2 Å². The number of benzene rings is 1. The van der Waals surface area contributed by atoms with Gasteiger partial charge in [-0.05, 0) is 53.2 Å². The molecule has 0 aliphatic carbocycles. The number of para-hydroxylation sites is 1. The number of rotatable bonds is 4. The van der Waals surface area contributed by atoms with Crippen LogP contribution >= 0.6 is 0 Å². The zero-order valence-electron chi connectivity index (χ0n) is 20.4. The molecule has 0 unspecified atom stereocenters. The summed E-state index contributed by atoms with van der Waals surface area (Å²) in [4.78, 5) is 51.4. The summed E-state index contributed by atoms with van der Waals surface area (Å²) in [7, 11) is 1.17. The van der Waals surface area contributed by atoms with E-state index in [9.17, 15) is 19.2 Å². The molecule has 0 spiro atoms. The lowest BCUT2D eigenvalue weighted by molar-refractivity contribution is -0.151. The van der Waals surface area contributed by atoms with E-state index in [0.717, 1.165) is 4.90 Å². The summed E-state index contributed by atoms with van der Waals surface area (Å²) in [5, 5.41) is 0.671. The lowest BCUT2D eigenvalue weighted by Crippen LogP contribution is -2.51. The van der Waals surface area contributed by atoms with Gasteiger partial charge in [-0.3, -0.25) is 9.36 Å². The largest absolute Gasteiger partial charge is 0.467 e. The molecular weight excluding hydrogens is 428 g/mol. The number of fused-ring (bicyclic) bond motifs is 1. The summed E-state index contributed by atoms with van der Waals surface area (Å²) in [6, 6.07) is 5.79. The Labute approximate surface area is 193 Å². The second-order valence-electron chi connectivity index (χ2n) is 9.63. The van der Waals surface area contributed by atoms with Gasteiger partial charge in [0, 0.05) is 24.9 Å². The van der Waals surface area contributed by atoms with Crippen LogP contribution in [-0.2, 0) is 30.2 Å². The van der Waals surface area contributed by atoms with E-state index in [0.29, 0.717) is 16.5 Å². The lowest BCUT2D eigenvalue weighted by Gasteiger charge is -2.30. The topological polar surface area (TPSA) is 104 Å². The average Bonchev–Trinajstić information content (AvgIpc) is 3.02. The summed E-state index contributed by atoms with van der Waals surface area (Å²) in [6.07, 6.45) is -0.0828. The molecule has 0 bridgehead atoms. The number of ether oxygens (including phenoxy) is 3. The van der Waals surface area contributed by atoms with Crippen molar-refractivity contribution in [2.45, 2.75) is 72.1 Å². The van der Waals surface area contributed by atoms with Crippen LogP contribution in [-0.4, -0.2) is 57.9 Å². The van der Waals surface area contributed by atoms with Crippen molar-refractivity contribution < 1.29 is 33.4 Å². The van der Waals surface area contributed by atoms with Gasteiger partial charge in [-0.2, -0.15) is 0 Å². The first-order chi connectivity index (χ1) is 15.1. The van der Waals surface area contributed by atoms with Crippen LogP contribution in [0.1, 0.15) is 54.0 Å². The second-order valence-corrected chi connectivity index (χ2v) is 9.63. The Hall–Kier alpha value is -3.36. The molecular formula is C24H32N2O7. The number of carbonyl (C=O) groups is 4. The highest BCUT2D eigenvalue weighted by molar-refractivity contribution is 5.97. The van der Waals surface area contributed by atoms with Crippen LogP contribution < -0.4 is 0 Å². The Morgan fingerprint density at radius 3 is 2.06 bits per heavy atom. The van der Waals surface area contributed by atoms with Crippen LogP contribution in [0.5, 0.6) is 0 Å². The molecule has 2 aromatic rings. The molecule has 1 atom stereocenters. The minimum absolute atomic E-state index is 0.0815. The highest BCUT2D eigenvalue weighted by Gasteiger charge is 2.37. The van der Waals surface area contributed by atoms with Crippen molar-refractivity contribution in [1.29, 1.82) is 0 Å². The van der Waals surface area contributed by atoms with Crippen LogP contribution in [0.3, 0.4) is 0 Å². The highest BCUT2D eigenvalue weighted by atomic mass is 16.6. The zero-order chi connectivity index (χ0) is 25.1. The Morgan fingerprint density at radius 1 is 0.970 bits per heavy atom. The minimum Gasteiger partial charge on any atom is -0.467 e. The fourth-order valence-corrected chi connectivity index (χ4v) is 3.29. The number of esters is 1. The molecule has 2 amide bonds. The van der Waals surface area contributed by atoms with Gasteiger partial charge in [-0.25, -0.2) is 19.3 Å². The summed E-state index contributed by atoms with van der Waals surface area (Å²) in [5.74, 6) is -1.46. The molecule has 2 rings (SSSR count). The number of hydrogen-bond donors (Lipinski definition) is 0. The molecule has 0 aliphatic heterocycles. The van der Waals surface area contributed by atoms with Crippen molar-refractivity contribution in [1.82, 2.24) is 9.47 Å². The third-order valence-corrected chi connectivity index (χ3v) is 4.51. The van der Waals surface area contributed by atoms with Crippen molar-refractivity contribution >= 4 is 35.0 Å². The van der Waals surface area contributed by atoms with Crippen molar-refractivity contribution in [3.05, 3.63) is 36.0 Å². The highest BCUT2D eigenvalue weighted by Crippen LogP contribution is 2.26. The summed E-state index contributed by atoms with van der Waals surface area (Å²) in [6.45, 7) is 11.4. The van der Waals surface area contributed by atoms with Crippen molar-refractivity contribution in [2.75, 3.05) is 7.11 Å². The second kappa shape index (κ2) is 9.64. The molecule has 1 aromatic carbocycles. The van der Waals surface area contributed by atoms with Crippen LogP contribution in [0.15, 0.2) is 30.5 Å². The van der Waals surface area contributed by atoms with Crippen molar-refractivity contribution in [3.8, 4) is 0 Å². The van der Waals surface area contributed by atoms with Crippen molar-refractivity contribution in [2.24, 2.45) is 0 Å². The third kappa shape index (κ3) is 6.57. The predicted octanol–water partition coefficient (Wildman–Crippen LogP) is 4.29. The molecule has 0 aliphatic rings. The zero-order valence-corrected chi connectivity index (χ0v) is 20.4. The van der Waals surface area contributed by atoms with E-state index in [1.807, 2.05) is 0 Å². The Morgan fingerprint density at radius 2 is 1.55 bits per heavy atom. The summed E-state index contributed by atoms with van der Waals surface area (Å²) < 4.78 is 17.1. The molecule has 0 N–H and O–H groups in total. The fraction of sp³-hybridized carbons (Fsp3) is 0.500. The molecule has 0 saturated carbocycles. The molecule has 1 heterocycles. The van der Waals surface area contributed by atoms with E-state index < -0.39 is 41.3 Å². The summed E-state index contributed by atoms with van der Waals surface area (Å²) in [5.41, 5.74) is -0.462. The third-order valence-electron chi connectivity index (χ3n) is 4.51. The van der Waals surface area contributed by atoms with Crippen molar-refractivity contribution in [3.63, 3.8) is 0 Å². The normalized spacial score (nSPS) is 12.7. The fourth-order valence-electron chi connectivity index (χ4n) is 3.29. The average molecular weight is 461 g/mol. The molecule has 9 nitrogen and oxygen atoms in total. The number of hydrogen-bond acceptors (Lipinski definition) is 7. The Balaban J connectivity index is 2.54. The monoisotopic (exact) mass is 460 g/mol. The van der Waals surface area contributed by atoms with Gasteiger partial charge in [0.05, 0.1) is 12.6 Å². The van der Waals surface area contributed by atoms with E-state index in [1.54, 1.807) is 72.0 Å². The van der Waals surface area contributed by atoms with Gasteiger partial charge in [-0.15, -0.1) is 0 Å². The van der Waals surface area contributed by atoms with Crippen LogP contribution in [0, 0.1) is 0 Å². The van der Waals surface area contributed by atoms with Gasteiger partial charge in [0.25, 0.3) is 0 Å². The van der Waals surface area contributed by atoms with Crippen LogP contribution in [0.4, 0.5) is 9.59 Å². The number of methoxy groups -OCH3 is 1. The standard InChI is InChI=1S/C24H32N2O7/c1-15(27)26(22(30)33-24(5,6)7)19(20(28)31-8)13-16-14-25(21(29)32-23(2,3)4)18-12-10-9-11-17(16)18/h9-12,14,19H,13H2,1-8H3/t19-/m0/s1.